The SMILES string of the molecule is CN(CCNC(CC(=O)O)C(=O)OS)C(CC(O)O)C(O)O. The molecule has 0 saturated carbocycles. The summed E-state index contributed by atoms with van der Waals surface area (Å²) in [5, 5.41) is 47.5. The first-order valence-corrected chi connectivity index (χ1v) is 6.78. The van der Waals surface area contributed by atoms with E-state index in [1.807, 2.05) is 0 Å². The number of hydrogen-bond acceptors (Lipinski definition) is 10. The van der Waals surface area contributed by atoms with Gasteiger partial charge in [-0.3, -0.25) is 9.69 Å². The Morgan fingerprint density at radius 3 is 2.27 bits per heavy atom. The van der Waals surface area contributed by atoms with E-state index in [0.717, 1.165) is 0 Å². The van der Waals surface area contributed by atoms with Crippen LogP contribution in [0.4, 0.5) is 0 Å². The highest BCUT2D eigenvalue weighted by molar-refractivity contribution is 7.75. The van der Waals surface area contributed by atoms with E-state index in [1.165, 1.54) is 11.9 Å². The number of carboxylic acid groups (broad SMARTS) is 1. The van der Waals surface area contributed by atoms with Gasteiger partial charge in [0.15, 0.2) is 12.6 Å². The molecule has 0 aromatic rings. The average Bonchev–Trinajstić information content (AvgIpc) is 2.41. The normalized spacial score (nSPS) is 14.4. The van der Waals surface area contributed by atoms with Crippen molar-refractivity contribution in [2.45, 2.75) is 37.5 Å². The number of carboxylic acids is 1. The third-order valence-electron chi connectivity index (χ3n) is 2.97. The van der Waals surface area contributed by atoms with E-state index in [9.17, 15) is 19.8 Å². The number of aliphatic hydroxyl groups excluding tert-OH is 2. The fraction of sp³-hybridized carbons (Fsp3) is 0.818. The maximum Gasteiger partial charge on any atom is 0.335 e. The van der Waals surface area contributed by atoms with Crippen LogP contribution in [0, 0.1) is 0 Å². The van der Waals surface area contributed by atoms with E-state index in [2.05, 4.69) is 22.4 Å². The topological polar surface area (TPSA) is 160 Å². The molecule has 0 spiro atoms. The number of hydrogen-bond donors (Lipinski definition) is 7. The summed E-state index contributed by atoms with van der Waals surface area (Å²) in [4.78, 5) is 23.4. The molecular formula is C11H22N2O8S. The standard InChI is InChI=1S/C11H22N2O8S/c1-13(7(10(18)19)5-9(16)17)3-2-12-6(4-8(14)15)11(20)21-22/h6-7,9-10,12,16-19,22H,2-5H2,1H3,(H,14,15). The first-order chi connectivity index (χ1) is 10.2. The first-order valence-electron chi connectivity index (χ1n) is 6.42. The van der Waals surface area contributed by atoms with Crippen LogP contribution in [-0.2, 0) is 13.8 Å². The summed E-state index contributed by atoms with van der Waals surface area (Å²) in [6.45, 7) is 0.313. The predicted octanol–water partition coefficient (Wildman–Crippen LogP) is -2.88. The summed E-state index contributed by atoms with van der Waals surface area (Å²) in [6, 6.07) is -2.03. The summed E-state index contributed by atoms with van der Waals surface area (Å²) in [6.07, 6.45) is -4.28. The van der Waals surface area contributed by atoms with Crippen molar-refractivity contribution in [2.75, 3.05) is 20.1 Å². The van der Waals surface area contributed by atoms with E-state index in [-0.39, 0.29) is 19.5 Å². The van der Waals surface area contributed by atoms with Crippen molar-refractivity contribution in [2.24, 2.45) is 0 Å². The number of thiol groups is 1. The summed E-state index contributed by atoms with van der Waals surface area (Å²) >= 11 is 3.32. The minimum absolute atomic E-state index is 0.127. The van der Waals surface area contributed by atoms with E-state index >= 15 is 0 Å². The van der Waals surface area contributed by atoms with Gasteiger partial charge >= 0.3 is 11.9 Å². The van der Waals surface area contributed by atoms with E-state index < -0.39 is 43.0 Å². The van der Waals surface area contributed by atoms with Crippen molar-refractivity contribution in [3.63, 3.8) is 0 Å². The Bertz CT molecular complexity index is 355. The Labute approximate surface area is 132 Å². The fourth-order valence-corrected chi connectivity index (χ4v) is 1.93. The average molecular weight is 342 g/mol. The zero-order chi connectivity index (χ0) is 17.3. The lowest BCUT2D eigenvalue weighted by Gasteiger charge is -2.30. The summed E-state index contributed by atoms with van der Waals surface area (Å²) in [5.74, 6) is -2.05. The Morgan fingerprint density at radius 2 is 1.86 bits per heavy atom. The second-order valence-electron chi connectivity index (χ2n) is 4.69. The summed E-state index contributed by atoms with van der Waals surface area (Å²) in [5.41, 5.74) is 0. The molecule has 0 bridgehead atoms. The highest BCUT2D eigenvalue weighted by Gasteiger charge is 2.25. The van der Waals surface area contributed by atoms with Crippen LogP contribution >= 0.6 is 12.9 Å². The number of aliphatic hydroxyl groups is 4. The molecule has 2 unspecified atom stereocenters. The zero-order valence-electron chi connectivity index (χ0n) is 12.0. The molecule has 0 aromatic heterocycles. The quantitative estimate of drug-likeness (QED) is 0.118. The van der Waals surface area contributed by atoms with Gasteiger partial charge in [0, 0.05) is 32.4 Å². The molecule has 0 fully saturated rings. The van der Waals surface area contributed by atoms with Gasteiger partial charge in [0.1, 0.15) is 6.04 Å². The Morgan fingerprint density at radius 1 is 1.27 bits per heavy atom. The maximum absolute atomic E-state index is 11.3. The van der Waals surface area contributed by atoms with Crippen LogP contribution in [0.5, 0.6) is 0 Å². The molecular weight excluding hydrogens is 320 g/mol. The number of carbonyl (C=O) groups is 2. The molecule has 0 aromatic carbocycles. The lowest BCUT2D eigenvalue weighted by molar-refractivity contribution is -0.143. The zero-order valence-corrected chi connectivity index (χ0v) is 12.9. The van der Waals surface area contributed by atoms with Gasteiger partial charge in [0.2, 0.25) is 0 Å². The van der Waals surface area contributed by atoms with Gasteiger partial charge in [-0.25, -0.2) is 4.79 Å². The van der Waals surface area contributed by atoms with Gasteiger partial charge in [-0.1, -0.05) is 0 Å². The lowest BCUT2D eigenvalue weighted by Crippen LogP contribution is -2.48. The molecule has 130 valence electrons. The molecule has 2 atom stereocenters. The van der Waals surface area contributed by atoms with Crippen LogP contribution in [0.1, 0.15) is 12.8 Å². The largest absolute Gasteiger partial charge is 0.481 e. The molecule has 0 saturated heterocycles. The number of aliphatic carboxylic acids is 1. The van der Waals surface area contributed by atoms with Crippen LogP contribution in [0.15, 0.2) is 0 Å². The molecule has 0 radical (unpaired) electrons. The Balaban J connectivity index is 4.43. The van der Waals surface area contributed by atoms with Crippen molar-refractivity contribution in [3.05, 3.63) is 0 Å². The molecule has 0 heterocycles. The highest BCUT2D eigenvalue weighted by Crippen LogP contribution is 2.08. The molecule has 0 aliphatic carbocycles. The number of nitrogens with one attached hydrogen (secondary N) is 1. The fourth-order valence-electron chi connectivity index (χ4n) is 1.80. The number of likely N-dealkylation sites (N-methyl/N-ethyl adjacent to an activating group) is 1. The van der Waals surface area contributed by atoms with Crippen LogP contribution in [0.25, 0.3) is 0 Å². The van der Waals surface area contributed by atoms with Crippen LogP contribution < -0.4 is 5.32 Å². The molecule has 22 heavy (non-hydrogen) atoms. The first kappa shape index (κ1) is 21.0. The smallest absolute Gasteiger partial charge is 0.335 e. The van der Waals surface area contributed by atoms with Gasteiger partial charge in [-0.2, -0.15) is 0 Å². The van der Waals surface area contributed by atoms with Crippen molar-refractivity contribution in [3.8, 4) is 0 Å². The second-order valence-corrected chi connectivity index (χ2v) is 4.88. The molecule has 6 N–H and O–H groups in total. The molecule has 0 amide bonds. The molecule has 0 aliphatic heterocycles. The number of nitrogens with zero attached hydrogens (tertiary/aromatic N) is 1. The Hall–Kier alpha value is -0.950. The predicted molar refractivity (Wildman–Crippen MR) is 76.6 cm³/mol. The van der Waals surface area contributed by atoms with Crippen LogP contribution in [-0.4, -0.2) is 87.2 Å². The lowest BCUT2D eigenvalue weighted by atomic mass is 10.1. The molecule has 10 nitrogen and oxygen atoms in total. The van der Waals surface area contributed by atoms with Crippen molar-refractivity contribution in [1.82, 2.24) is 10.2 Å². The third kappa shape index (κ3) is 8.48. The number of carbonyl (C=O) groups excluding carboxylic acids is 1. The second kappa shape index (κ2) is 10.7. The van der Waals surface area contributed by atoms with Crippen molar-refractivity contribution < 1.29 is 39.3 Å². The Kier molecular flexibility index (Phi) is 10.3. The maximum atomic E-state index is 11.3. The van der Waals surface area contributed by atoms with E-state index in [0.29, 0.717) is 0 Å². The van der Waals surface area contributed by atoms with Crippen LogP contribution in [0.2, 0.25) is 0 Å². The van der Waals surface area contributed by atoms with Gasteiger partial charge in [0.25, 0.3) is 0 Å². The van der Waals surface area contributed by atoms with Gasteiger partial charge in [0.05, 0.1) is 12.5 Å². The highest BCUT2D eigenvalue weighted by atomic mass is 32.1. The van der Waals surface area contributed by atoms with Crippen molar-refractivity contribution in [1.29, 1.82) is 0 Å². The minimum atomic E-state index is -1.79. The van der Waals surface area contributed by atoms with Gasteiger partial charge in [-0.05, 0) is 7.05 Å². The van der Waals surface area contributed by atoms with Gasteiger partial charge < -0.3 is 35.0 Å². The summed E-state index contributed by atoms with van der Waals surface area (Å²) < 4.78 is 4.18. The van der Waals surface area contributed by atoms with E-state index in [1.54, 1.807) is 0 Å². The molecule has 0 rings (SSSR count). The van der Waals surface area contributed by atoms with Gasteiger partial charge in [-0.15, -0.1) is 0 Å². The van der Waals surface area contributed by atoms with Crippen molar-refractivity contribution >= 4 is 24.8 Å². The third-order valence-corrected chi connectivity index (χ3v) is 3.15. The molecule has 0 aliphatic rings. The minimum Gasteiger partial charge on any atom is -0.481 e. The van der Waals surface area contributed by atoms with E-state index in [4.69, 9.17) is 15.3 Å². The monoisotopic (exact) mass is 342 g/mol. The van der Waals surface area contributed by atoms with Crippen LogP contribution in [0.3, 0.4) is 0 Å². The summed E-state index contributed by atoms with van der Waals surface area (Å²) in [7, 11) is 1.51. The molecule has 11 heteroatoms. The number of rotatable bonds is 11.